The molecule has 0 bridgehead atoms. The molecule has 1 atom stereocenters. The molecule has 1 aliphatic heterocycles. The fraction of sp³-hybridized carbons (Fsp3) is 0.429. The molecule has 1 heterocycles. The minimum Gasteiger partial charge on any atom is -0.314 e. The normalized spacial score (nSPS) is 19.5. The van der Waals surface area contributed by atoms with Crippen LogP contribution in [0.15, 0.2) is 30.3 Å². The van der Waals surface area contributed by atoms with E-state index in [1.54, 1.807) is 4.90 Å². The Morgan fingerprint density at radius 3 is 2.61 bits per heavy atom. The SMILES string of the molecule is CC(C)CN1C(=O)NC(=N)C1Cc1ccccc1. The molecule has 0 spiro atoms. The van der Waals surface area contributed by atoms with Gasteiger partial charge in [-0.2, -0.15) is 0 Å². The first-order valence-electron chi connectivity index (χ1n) is 6.28. The molecule has 1 unspecified atom stereocenters. The molecule has 1 aliphatic rings. The van der Waals surface area contributed by atoms with Crippen LogP contribution < -0.4 is 5.32 Å². The first kappa shape index (κ1) is 12.6. The van der Waals surface area contributed by atoms with Crippen LogP contribution in [0.2, 0.25) is 0 Å². The van der Waals surface area contributed by atoms with Crippen LogP contribution in [0.25, 0.3) is 0 Å². The number of nitrogens with zero attached hydrogens (tertiary/aromatic N) is 1. The van der Waals surface area contributed by atoms with Crippen molar-refractivity contribution in [3.8, 4) is 0 Å². The zero-order chi connectivity index (χ0) is 13.1. The van der Waals surface area contributed by atoms with Crippen molar-refractivity contribution in [3.63, 3.8) is 0 Å². The number of carbonyl (C=O) groups is 1. The summed E-state index contributed by atoms with van der Waals surface area (Å²) in [5, 5.41) is 10.5. The lowest BCUT2D eigenvalue weighted by Crippen LogP contribution is -2.39. The third-order valence-electron chi connectivity index (χ3n) is 3.05. The molecule has 0 aliphatic carbocycles. The summed E-state index contributed by atoms with van der Waals surface area (Å²) in [5.74, 6) is 0.712. The summed E-state index contributed by atoms with van der Waals surface area (Å²) in [7, 11) is 0. The van der Waals surface area contributed by atoms with Crippen molar-refractivity contribution in [3.05, 3.63) is 35.9 Å². The molecule has 4 heteroatoms. The highest BCUT2D eigenvalue weighted by Gasteiger charge is 2.35. The van der Waals surface area contributed by atoms with Crippen LogP contribution in [0.1, 0.15) is 19.4 Å². The monoisotopic (exact) mass is 245 g/mol. The summed E-state index contributed by atoms with van der Waals surface area (Å²) in [5.41, 5.74) is 1.15. The largest absolute Gasteiger partial charge is 0.323 e. The third-order valence-corrected chi connectivity index (χ3v) is 3.05. The van der Waals surface area contributed by atoms with Gasteiger partial charge >= 0.3 is 6.03 Å². The van der Waals surface area contributed by atoms with Gasteiger partial charge in [0.15, 0.2) is 0 Å². The number of benzene rings is 1. The maximum atomic E-state index is 11.8. The molecule has 2 rings (SSSR count). The van der Waals surface area contributed by atoms with E-state index in [9.17, 15) is 4.79 Å². The highest BCUT2D eigenvalue weighted by Crippen LogP contribution is 2.16. The van der Waals surface area contributed by atoms with Crippen LogP contribution in [0.4, 0.5) is 4.79 Å². The minimum absolute atomic E-state index is 0.144. The molecule has 0 aromatic heterocycles. The summed E-state index contributed by atoms with van der Waals surface area (Å²) in [6, 6.07) is 9.70. The van der Waals surface area contributed by atoms with Gasteiger partial charge in [-0.3, -0.25) is 10.7 Å². The van der Waals surface area contributed by atoms with E-state index in [0.29, 0.717) is 24.7 Å². The van der Waals surface area contributed by atoms with Gasteiger partial charge in [-0.15, -0.1) is 0 Å². The molecule has 18 heavy (non-hydrogen) atoms. The molecule has 1 aromatic rings. The van der Waals surface area contributed by atoms with Crippen molar-refractivity contribution in [1.29, 1.82) is 5.41 Å². The smallest absolute Gasteiger partial charge is 0.314 e. The number of nitrogens with one attached hydrogen (secondary N) is 2. The van der Waals surface area contributed by atoms with Crippen molar-refractivity contribution < 1.29 is 4.79 Å². The van der Waals surface area contributed by atoms with Crippen molar-refractivity contribution in [2.75, 3.05) is 6.54 Å². The second kappa shape index (κ2) is 5.21. The van der Waals surface area contributed by atoms with Crippen LogP contribution in [0.3, 0.4) is 0 Å². The highest BCUT2D eigenvalue weighted by molar-refractivity contribution is 6.05. The van der Waals surface area contributed by atoms with Crippen LogP contribution >= 0.6 is 0 Å². The Balaban J connectivity index is 2.13. The quantitative estimate of drug-likeness (QED) is 0.840. The number of rotatable bonds is 4. The molecular formula is C14H19N3O. The lowest BCUT2D eigenvalue weighted by Gasteiger charge is -2.24. The summed E-state index contributed by atoms with van der Waals surface area (Å²) in [6.45, 7) is 4.84. The van der Waals surface area contributed by atoms with E-state index in [1.807, 2.05) is 30.3 Å². The Kier molecular flexibility index (Phi) is 3.65. The standard InChI is InChI=1S/C14H19N3O/c1-10(2)9-17-12(13(15)16-14(17)18)8-11-6-4-3-5-7-11/h3-7,10,12H,8-9H2,1-2H3,(H2,15,16,18). The number of urea groups is 1. The van der Waals surface area contributed by atoms with Crippen molar-refractivity contribution in [2.24, 2.45) is 5.92 Å². The molecule has 2 amide bonds. The topological polar surface area (TPSA) is 56.2 Å². The first-order valence-corrected chi connectivity index (χ1v) is 6.28. The number of amides is 2. The van der Waals surface area contributed by atoms with Gasteiger partial charge in [0.1, 0.15) is 5.84 Å². The Morgan fingerprint density at radius 2 is 2.00 bits per heavy atom. The third kappa shape index (κ3) is 2.70. The van der Waals surface area contributed by atoms with Gasteiger partial charge in [-0.25, -0.2) is 4.79 Å². The Labute approximate surface area is 108 Å². The fourth-order valence-electron chi connectivity index (χ4n) is 2.22. The van der Waals surface area contributed by atoms with Gasteiger partial charge in [-0.1, -0.05) is 44.2 Å². The van der Waals surface area contributed by atoms with Crippen LogP contribution in [0, 0.1) is 11.3 Å². The zero-order valence-electron chi connectivity index (χ0n) is 10.8. The van der Waals surface area contributed by atoms with Crippen molar-refractivity contribution in [2.45, 2.75) is 26.3 Å². The van der Waals surface area contributed by atoms with Gasteiger partial charge in [0, 0.05) is 13.0 Å². The van der Waals surface area contributed by atoms with Crippen LogP contribution in [0.5, 0.6) is 0 Å². The first-order chi connectivity index (χ1) is 8.58. The Bertz CT molecular complexity index is 442. The molecule has 96 valence electrons. The molecule has 0 radical (unpaired) electrons. The van der Waals surface area contributed by atoms with E-state index in [2.05, 4.69) is 19.2 Å². The molecule has 1 aromatic carbocycles. The minimum atomic E-state index is -0.151. The summed E-state index contributed by atoms with van der Waals surface area (Å²) < 4.78 is 0. The van der Waals surface area contributed by atoms with E-state index in [0.717, 1.165) is 5.56 Å². The molecule has 0 saturated carbocycles. The molecule has 4 nitrogen and oxygen atoms in total. The summed E-state index contributed by atoms with van der Waals surface area (Å²) in [6.07, 6.45) is 0.700. The van der Waals surface area contributed by atoms with E-state index in [1.165, 1.54) is 0 Å². The van der Waals surface area contributed by atoms with Gasteiger partial charge in [-0.05, 0) is 11.5 Å². The summed E-state index contributed by atoms with van der Waals surface area (Å²) in [4.78, 5) is 13.6. The molecule has 1 saturated heterocycles. The van der Waals surface area contributed by atoms with Crippen molar-refractivity contribution >= 4 is 11.9 Å². The highest BCUT2D eigenvalue weighted by atomic mass is 16.2. The predicted molar refractivity (Wildman–Crippen MR) is 71.7 cm³/mol. The number of amidine groups is 1. The molecule has 2 N–H and O–H groups in total. The van der Waals surface area contributed by atoms with E-state index < -0.39 is 0 Å². The maximum absolute atomic E-state index is 11.8. The van der Waals surface area contributed by atoms with Crippen LogP contribution in [-0.2, 0) is 6.42 Å². The average Bonchev–Trinajstić information content (AvgIpc) is 2.57. The number of hydrogen-bond donors (Lipinski definition) is 2. The number of carbonyl (C=O) groups excluding carboxylic acids is 1. The Hall–Kier alpha value is -1.84. The van der Waals surface area contributed by atoms with E-state index >= 15 is 0 Å². The fourth-order valence-corrected chi connectivity index (χ4v) is 2.22. The lowest BCUT2D eigenvalue weighted by molar-refractivity contribution is 0.197. The number of hydrogen-bond acceptors (Lipinski definition) is 2. The Morgan fingerprint density at radius 1 is 1.33 bits per heavy atom. The maximum Gasteiger partial charge on any atom is 0.323 e. The van der Waals surface area contributed by atoms with Crippen LogP contribution in [-0.4, -0.2) is 29.4 Å². The van der Waals surface area contributed by atoms with Gasteiger partial charge < -0.3 is 4.90 Å². The molecular weight excluding hydrogens is 226 g/mol. The van der Waals surface area contributed by atoms with Crippen molar-refractivity contribution in [1.82, 2.24) is 10.2 Å². The van der Waals surface area contributed by atoms with Gasteiger partial charge in [0.05, 0.1) is 6.04 Å². The van der Waals surface area contributed by atoms with E-state index in [4.69, 9.17) is 5.41 Å². The zero-order valence-corrected chi connectivity index (χ0v) is 10.8. The van der Waals surface area contributed by atoms with Gasteiger partial charge in [0.25, 0.3) is 0 Å². The molecule has 1 fully saturated rings. The lowest BCUT2D eigenvalue weighted by atomic mass is 10.0. The second-order valence-corrected chi connectivity index (χ2v) is 5.10. The second-order valence-electron chi connectivity index (χ2n) is 5.10. The predicted octanol–water partition coefficient (Wildman–Crippen LogP) is 2.26. The van der Waals surface area contributed by atoms with E-state index in [-0.39, 0.29) is 12.1 Å². The summed E-state index contributed by atoms with van der Waals surface area (Å²) >= 11 is 0. The average molecular weight is 245 g/mol. The van der Waals surface area contributed by atoms with Gasteiger partial charge in [0.2, 0.25) is 0 Å².